The molecule has 3 heterocycles. The standard InChI is InChI=1S/C50H37N5/c1-53-49(34-17-5-2-6-18-34)51-48(52-50(53)35-19-7-3-8-20-35)36-21-15-24-38(30-36)55-43-27-14-13-26-40(43)41-31-42-46(32-45(41)55)54(37-22-9-4-10-23-37)44-29-28-33-16-11-12-25-39(33)47(42)44/h2-32,49-50H,1H3,(H,51,52). The van der Waals surface area contributed by atoms with Crippen LogP contribution in [-0.2, 0) is 0 Å². The Kier molecular flexibility index (Phi) is 7.22. The molecule has 10 aromatic rings. The number of fused-ring (bicyclic) bond motifs is 8. The molecule has 1 N–H and O–H groups in total. The Morgan fingerprint density at radius 2 is 1.09 bits per heavy atom. The predicted molar refractivity (Wildman–Crippen MR) is 228 cm³/mol. The fraction of sp³-hybridized carbons (Fsp3) is 0.0600. The second-order valence-corrected chi connectivity index (χ2v) is 14.5. The van der Waals surface area contributed by atoms with Crippen molar-refractivity contribution in [2.24, 2.45) is 4.99 Å². The molecule has 8 aromatic carbocycles. The Balaban J connectivity index is 1.15. The summed E-state index contributed by atoms with van der Waals surface area (Å²) in [6, 6.07) is 67.8. The first-order valence-corrected chi connectivity index (χ1v) is 18.9. The van der Waals surface area contributed by atoms with Gasteiger partial charge in [-0.1, -0.05) is 140 Å². The quantitative estimate of drug-likeness (QED) is 0.193. The smallest absolute Gasteiger partial charge is 0.132 e. The minimum absolute atomic E-state index is 0.0555. The Morgan fingerprint density at radius 1 is 0.455 bits per heavy atom. The van der Waals surface area contributed by atoms with Crippen LogP contribution >= 0.6 is 0 Å². The summed E-state index contributed by atoms with van der Waals surface area (Å²) in [5.74, 6) is 0.877. The van der Waals surface area contributed by atoms with Gasteiger partial charge in [-0.05, 0) is 77.5 Å². The second kappa shape index (κ2) is 12.6. The zero-order valence-electron chi connectivity index (χ0n) is 30.3. The number of aliphatic imine (C=N–C) groups is 1. The molecule has 2 unspecified atom stereocenters. The van der Waals surface area contributed by atoms with Gasteiger partial charge in [-0.25, -0.2) is 4.99 Å². The molecule has 0 aliphatic carbocycles. The fourth-order valence-corrected chi connectivity index (χ4v) is 8.84. The molecule has 0 spiro atoms. The molecule has 1 aliphatic heterocycles. The van der Waals surface area contributed by atoms with Gasteiger partial charge in [0.05, 0.1) is 22.1 Å². The molecular weight excluding hydrogens is 671 g/mol. The summed E-state index contributed by atoms with van der Waals surface area (Å²) in [5.41, 5.74) is 10.4. The normalized spacial score (nSPS) is 16.3. The van der Waals surface area contributed by atoms with Crippen molar-refractivity contribution in [2.45, 2.75) is 12.3 Å². The topological polar surface area (TPSA) is 37.5 Å². The number of hydrogen-bond donors (Lipinski definition) is 1. The molecule has 0 amide bonds. The zero-order chi connectivity index (χ0) is 36.5. The molecule has 1 aliphatic rings. The lowest BCUT2D eigenvalue weighted by atomic mass is 10.0. The summed E-state index contributed by atoms with van der Waals surface area (Å²) in [6.07, 6.45) is -0.205. The van der Waals surface area contributed by atoms with E-state index in [9.17, 15) is 0 Å². The minimum atomic E-state index is -0.149. The van der Waals surface area contributed by atoms with Crippen molar-refractivity contribution in [3.05, 3.63) is 205 Å². The number of benzene rings is 8. The van der Waals surface area contributed by atoms with Gasteiger partial charge in [-0.3, -0.25) is 4.90 Å². The van der Waals surface area contributed by atoms with E-state index in [1.807, 2.05) is 0 Å². The van der Waals surface area contributed by atoms with Crippen molar-refractivity contribution >= 4 is 60.2 Å². The first-order valence-electron chi connectivity index (χ1n) is 18.9. The number of para-hydroxylation sites is 2. The molecule has 0 bridgehead atoms. The number of amidine groups is 1. The fourth-order valence-electron chi connectivity index (χ4n) is 8.84. The largest absolute Gasteiger partial charge is 0.350 e. The maximum absolute atomic E-state index is 5.38. The van der Waals surface area contributed by atoms with E-state index in [-0.39, 0.29) is 12.3 Å². The van der Waals surface area contributed by atoms with Gasteiger partial charge in [0.15, 0.2) is 0 Å². The highest BCUT2D eigenvalue weighted by Gasteiger charge is 2.31. The Labute approximate surface area is 319 Å². The van der Waals surface area contributed by atoms with Crippen LogP contribution in [0.4, 0.5) is 0 Å². The first kappa shape index (κ1) is 31.6. The molecule has 5 heteroatoms. The summed E-state index contributed by atoms with van der Waals surface area (Å²) >= 11 is 0. The van der Waals surface area contributed by atoms with E-state index in [0.717, 1.165) is 33.9 Å². The van der Waals surface area contributed by atoms with E-state index in [2.05, 4.69) is 214 Å². The predicted octanol–water partition coefficient (Wildman–Crippen LogP) is 11.7. The third-order valence-electron chi connectivity index (χ3n) is 11.4. The van der Waals surface area contributed by atoms with Crippen LogP contribution in [0.1, 0.15) is 29.0 Å². The highest BCUT2D eigenvalue weighted by atomic mass is 15.4. The van der Waals surface area contributed by atoms with E-state index in [0.29, 0.717) is 0 Å². The number of nitrogens with one attached hydrogen (secondary N) is 1. The van der Waals surface area contributed by atoms with Crippen molar-refractivity contribution in [1.29, 1.82) is 0 Å². The molecule has 262 valence electrons. The van der Waals surface area contributed by atoms with Gasteiger partial charge >= 0.3 is 0 Å². The van der Waals surface area contributed by atoms with Crippen LogP contribution in [0.15, 0.2) is 193 Å². The number of nitrogens with zero attached hydrogens (tertiary/aromatic N) is 4. The summed E-state index contributed by atoms with van der Waals surface area (Å²) in [5, 5.41) is 11.3. The van der Waals surface area contributed by atoms with Crippen molar-refractivity contribution in [1.82, 2.24) is 19.4 Å². The Hall–Kier alpha value is -6.95. The molecule has 2 atom stereocenters. The van der Waals surface area contributed by atoms with E-state index < -0.39 is 0 Å². The SMILES string of the molecule is CN1C(c2ccccc2)N=C(c2cccc(-n3c4ccccc4c4cc5c6c7ccccc7ccc6n(-c6ccccc6)c5cc43)c2)NC1c1ccccc1. The molecule has 11 rings (SSSR count). The molecule has 0 saturated carbocycles. The Morgan fingerprint density at radius 3 is 1.89 bits per heavy atom. The van der Waals surface area contributed by atoms with Crippen LogP contribution < -0.4 is 5.32 Å². The van der Waals surface area contributed by atoms with Gasteiger partial charge in [0.25, 0.3) is 0 Å². The summed E-state index contributed by atoms with van der Waals surface area (Å²) in [4.78, 5) is 7.69. The van der Waals surface area contributed by atoms with Gasteiger partial charge in [0.1, 0.15) is 18.2 Å². The summed E-state index contributed by atoms with van der Waals surface area (Å²) in [6.45, 7) is 0. The third kappa shape index (κ3) is 5.01. The van der Waals surface area contributed by atoms with E-state index in [1.165, 1.54) is 54.4 Å². The Bertz CT molecular complexity index is 3090. The third-order valence-corrected chi connectivity index (χ3v) is 11.4. The number of hydrogen-bond acceptors (Lipinski definition) is 3. The lowest BCUT2D eigenvalue weighted by Crippen LogP contribution is -2.45. The van der Waals surface area contributed by atoms with Crippen molar-refractivity contribution in [2.75, 3.05) is 7.05 Å². The molecule has 55 heavy (non-hydrogen) atoms. The maximum Gasteiger partial charge on any atom is 0.132 e. The molecule has 0 fully saturated rings. The highest BCUT2D eigenvalue weighted by Crippen LogP contribution is 2.42. The lowest BCUT2D eigenvalue weighted by molar-refractivity contribution is 0.152. The summed E-state index contributed by atoms with van der Waals surface area (Å²) in [7, 11) is 2.15. The van der Waals surface area contributed by atoms with E-state index in [1.54, 1.807) is 0 Å². The van der Waals surface area contributed by atoms with Crippen molar-refractivity contribution < 1.29 is 0 Å². The molecule has 0 radical (unpaired) electrons. The molecule has 5 nitrogen and oxygen atoms in total. The van der Waals surface area contributed by atoms with Crippen LogP contribution in [0.5, 0.6) is 0 Å². The van der Waals surface area contributed by atoms with Gasteiger partial charge in [0.2, 0.25) is 0 Å². The van der Waals surface area contributed by atoms with Crippen LogP contribution in [0, 0.1) is 0 Å². The zero-order valence-corrected chi connectivity index (χ0v) is 30.3. The van der Waals surface area contributed by atoms with Crippen LogP contribution in [0.25, 0.3) is 65.8 Å². The second-order valence-electron chi connectivity index (χ2n) is 14.5. The minimum Gasteiger partial charge on any atom is -0.350 e. The maximum atomic E-state index is 5.38. The van der Waals surface area contributed by atoms with Gasteiger partial charge in [0, 0.05) is 38.5 Å². The lowest BCUT2D eigenvalue weighted by Gasteiger charge is -2.39. The van der Waals surface area contributed by atoms with Gasteiger partial charge in [-0.15, -0.1) is 0 Å². The van der Waals surface area contributed by atoms with Crippen molar-refractivity contribution in [3.63, 3.8) is 0 Å². The highest BCUT2D eigenvalue weighted by molar-refractivity contribution is 6.25. The number of aromatic nitrogens is 2. The van der Waals surface area contributed by atoms with Gasteiger partial charge < -0.3 is 14.5 Å². The molecule has 2 aromatic heterocycles. The monoisotopic (exact) mass is 707 g/mol. The van der Waals surface area contributed by atoms with Crippen LogP contribution in [0.2, 0.25) is 0 Å². The van der Waals surface area contributed by atoms with Gasteiger partial charge in [-0.2, -0.15) is 0 Å². The average Bonchev–Trinajstić information content (AvgIpc) is 3.76. The van der Waals surface area contributed by atoms with Crippen LogP contribution in [0.3, 0.4) is 0 Å². The van der Waals surface area contributed by atoms with Crippen molar-refractivity contribution in [3.8, 4) is 11.4 Å². The average molecular weight is 708 g/mol. The van der Waals surface area contributed by atoms with Crippen LogP contribution in [-0.4, -0.2) is 26.9 Å². The molecular formula is C50H37N5. The van der Waals surface area contributed by atoms with E-state index >= 15 is 0 Å². The van der Waals surface area contributed by atoms with E-state index in [4.69, 9.17) is 4.99 Å². The molecule has 0 saturated heterocycles. The first-order chi connectivity index (χ1) is 27.2. The summed E-state index contributed by atoms with van der Waals surface area (Å²) < 4.78 is 4.86. The number of rotatable bonds is 5.